The second-order valence-corrected chi connectivity index (χ2v) is 4.90. The van der Waals surface area contributed by atoms with Crippen molar-refractivity contribution < 1.29 is 9.90 Å². The first-order valence-corrected chi connectivity index (χ1v) is 6.26. The van der Waals surface area contributed by atoms with Gasteiger partial charge >= 0.3 is 5.97 Å². The van der Waals surface area contributed by atoms with Crippen LogP contribution in [0.1, 0.15) is 15.9 Å². The lowest BCUT2D eigenvalue weighted by Gasteiger charge is -2.09. The lowest BCUT2D eigenvalue weighted by Crippen LogP contribution is -1.99. The third-order valence-corrected chi connectivity index (χ3v) is 4.02. The molecule has 0 saturated heterocycles. The van der Waals surface area contributed by atoms with E-state index in [0.717, 1.165) is 20.3 Å². The monoisotopic (exact) mass is 338 g/mol. The van der Waals surface area contributed by atoms with E-state index in [0.29, 0.717) is 5.56 Å². The van der Waals surface area contributed by atoms with Gasteiger partial charge in [0, 0.05) is 3.57 Å². The number of hydrogen-bond acceptors (Lipinski definition) is 1. The molecule has 0 atom stereocenters. The Morgan fingerprint density at radius 3 is 2.41 bits per heavy atom. The number of carbonyl (C=O) groups is 1. The molecule has 17 heavy (non-hydrogen) atoms. The normalized spacial score (nSPS) is 10.2. The summed E-state index contributed by atoms with van der Waals surface area (Å²) >= 11 is 2.26. The summed E-state index contributed by atoms with van der Waals surface area (Å²) in [4.78, 5) is 11.0. The van der Waals surface area contributed by atoms with Crippen LogP contribution >= 0.6 is 22.6 Å². The zero-order chi connectivity index (χ0) is 12.4. The molecule has 2 nitrogen and oxygen atoms in total. The number of aromatic carboxylic acids is 1. The maximum Gasteiger partial charge on any atom is 0.335 e. The van der Waals surface area contributed by atoms with Crippen LogP contribution in [0, 0.1) is 10.5 Å². The molecule has 0 aliphatic heterocycles. The number of halogens is 1. The van der Waals surface area contributed by atoms with E-state index < -0.39 is 5.97 Å². The van der Waals surface area contributed by atoms with E-state index >= 15 is 0 Å². The van der Waals surface area contributed by atoms with Crippen molar-refractivity contribution in [3.8, 4) is 11.1 Å². The second-order valence-electron chi connectivity index (χ2n) is 3.83. The van der Waals surface area contributed by atoms with Gasteiger partial charge in [0.15, 0.2) is 0 Å². The highest BCUT2D eigenvalue weighted by Crippen LogP contribution is 2.29. The molecule has 0 saturated carbocycles. The predicted octanol–water partition coefficient (Wildman–Crippen LogP) is 3.96. The molecule has 0 aliphatic carbocycles. The largest absolute Gasteiger partial charge is 0.478 e. The summed E-state index contributed by atoms with van der Waals surface area (Å²) < 4.78 is 1.10. The zero-order valence-corrected chi connectivity index (χ0v) is 11.4. The van der Waals surface area contributed by atoms with Gasteiger partial charge in [-0.15, -0.1) is 0 Å². The third kappa shape index (κ3) is 2.49. The van der Waals surface area contributed by atoms with E-state index in [4.69, 9.17) is 5.11 Å². The molecule has 0 aromatic heterocycles. The number of carboxylic acids is 1. The van der Waals surface area contributed by atoms with Crippen LogP contribution in [0.3, 0.4) is 0 Å². The maximum absolute atomic E-state index is 11.0. The van der Waals surface area contributed by atoms with Gasteiger partial charge in [-0.25, -0.2) is 4.79 Å². The molecular weight excluding hydrogens is 327 g/mol. The topological polar surface area (TPSA) is 37.3 Å². The first-order valence-electron chi connectivity index (χ1n) is 5.18. The Hall–Kier alpha value is -1.36. The molecule has 0 bridgehead atoms. The van der Waals surface area contributed by atoms with E-state index in [2.05, 4.69) is 22.6 Å². The van der Waals surface area contributed by atoms with E-state index in [1.165, 1.54) is 0 Å². The fourth-order valence-corrected chi connectivity index (χ4v) is 2.34. The van der Waals surface area contributed by atoms with Crippen molar-refractivity contribution in [2.75, 3.05) is 0 Å². The van der Waals surface area contributed by atoms with Gasteiger partial charge in [-0.05, 0) is 58.3 Å². The molecule has 2 aromatic carbocycles. The highest BCUT2D eigenvalue weighted by Gasteiger charge is 2.11. The van der Waals surface area contributed by atoms with Crippen molar-refractivity contribution in [1.82, 2.24) is 0 Å². The van der Waals surface area contributed by atoms with Gasteiger partial charge in [0.25, 0.3) is 0 Å². The van der Waals surface area contributed by atoms with Crippen LogP contribution in [-0.4, -0.2) is 11.1 Å². The fourth-order valence-electron chi connectivity index (χ4n) is 1.72. The third-order valence-electron chi connectivity index (χ3n) is 2.59. The van der Waals surface area contributed by atoms with Gasteiger partial charge in [0.2, 0.25) is 0 Å². The van der Waals surface area contributed by atoms with Gasteiger partial charge < -0.3 is 5.11 Å². The van der Waals surface area contributed by atoms with Crippen molar-refractivity contribution in [3.63, 3.8) is 0 Å². The molecule has 2 rings (SSSR count). The first-order chi connectivity index (χ1) is 8.09. The Morgan fingerprint density at radius 2 is 1.82 bits per heavy atom. The van der Waals surface area contributed by atoms with Crippen molar-refractivity contribution >= 4 is 28.6 Å². The Kier molecular flexibility index (Phi) is 3.47. The molecule has 0 spiro atoms. The smallest absolute Gasteiger partial charge is 0.335 e. The Labute approximate surface area is 113 Å². The average molecular weight is 338 g/mol. The van der Waals surface area contributed by atoms with Crippen molar-refractivity contribution in [2.24, 2.45) is 0 Å². The van der Waals surface area contributed by atoms with Crippen LogP contribution in [0.4, 0.5) is 0 Å². The molecule has 0 fully saturated rings. The SMILES string of the molecule is Cc1cc(C(=O)O)cc(-c2ccccc2)c1I. The summed E-state index contributed by atoms with van der Waals surface area (Å²) in [6, 6.07) is 13.3. The van der Waals surface area contributed by atoms with E-state index in [1.54, 1.807) is 12.1 Å². The van der Waals surface area contributed by atoms with Gasteiger partial charge in [-0.2, -0.15) is 0 Å². The molecule has 1 N–H and O–H groups in total. The summed E-state index contributed by atoms with van der Waals surface area (Å²) in [6.07, 6.45) is 0. The minimum absolute atomic E-state index is 0.335. The van der Waals surface area contributed by atoms with Crippen molar-refractivity contribution in [3.05, 3.63) is 57.2 Å². The summed E-state index contributed by atoms with van der Waals surface area (Å²) in [5.74, 6) is -0.887. The standard InChI is InChI=1S/C14H11IO2/c1-9-7-11(14(16)17)8-12(13(9)15)10-5-3-2-4-6-10/h2-8H,1H3,(H,16,17). The zero-order valence-electron chi connectivity index (χ0n) is 9.27. The molecule has 0 unspecified atom stereocenters. The van der Waals surface area contributed by atoms with Gasteiger partial charge in [-0.3, -0.25) is 0 Å². The molecule has 2 aromatic rings. The second kappa shape index (κ2) is 4.87. The molecule has 0 heterocycles. The van der Waals surface area contributed by atoms with E-state index in [1.807, 2.05) is 37.3 Å². The summed E-state index contributed by atoms with van der Waals surface area (Å²) in [6.45, 7) is 1.93. The Bertz CT molecular complexity index is 562. The minimum Gasteiger partial charge on any atom is -0.478 e. The molecule has 86 valence electrons. The molecule has 3 heteroatoms. The minimum atomic E-state index is -0.887. The van der Waals surface area contributed by atoms with E-state index in [9.17, 15) is 4.79 Å². The number of carboxylic acid groups (broad SMARTS) is 1. The first kappa shape index (κ1) is 12.1. The number of rotatable bonds is 2. The van der Waals surface area contributed by atoms with Crippen molar-refractivity contribution in [1.29, 1.82) is 0 Å². The van der Waals surface area contributed by atoms with Crippen molar-refractivity contribution in [2.45, 2.75) is 6.92 Å². The van der Waals surface area contributed by atoms with Crippen LogP contribution in [0.2, 0.25) is 0 Å². The van der Waals surface area contributed by atoms with Crippen LogP contribution in [0.5, 0.6) is 0 Å². The quantitative estimate of drug-likeness (QED) is 0.842. The fraction of sp³-hybridized carbons (Fsp3) is 0.0714. The maximum atomic E-state index is 11.0. The predicted molar refractivity (Wildman–Crippen MR) is 76.3 cm³/mol. The van der Waals surface area contributed by atoms with Crippen LogP contribution < -0.4 is 0 Å². The molecule has 0 amide bonds. The number of benzene rings is 2. The van der Waals surface area contributed by atoms with Gasteiger partial charge in [0.1, 0.15) is 0 Å². The van der Waals surface area contributed by atoms with Crippen LogP contribution in [0.15, 0.2) is 42.5 Å². The highest BCUT2D eigenvalue weighted by molar-refractivity contribution is 14.1. The lowest BCUT2D eigenvalue weighted by atomic mass is 10.0. The molecular formula is C14H11IO2. The lowest BCUT2D eigenvalue weighted by molar-refractivity contribution is 0.0697. The van der Waals surface area contributed by atoms with Crippen LogP contribution in [-0.2, 0) is 0 Å². The molecule has 0 radical (unpaired) electrons. The summed E-state index contributed by atoms with van der Waals surface area (Å²) in [7, 11) is 0. The Morgan fingerprint density at radius 1 is 1.18 bits per heavy atom. The highest BCUT2D eigenvalue weighted by atomic mass is 127. The Balaban J connectivity index is 2.65. The number of aryl methyl sites for hydroxylation is 1. The van der Waals surface area contributed by atoms with Gasteiger partial charge in [-0.1, -0.05) is 30.3 Å². The summed E-state index contributed by atoms with van der Waals surface area (Å²) in [5.41, 5.74) is 3.35. The number of hydrogen-bond donors (Lipinski definition) is 1. The summed E-state index contributed by atoms with van der Waals surface area (Å²) in [5, 5.41) is 9.07. The molecule has 0 aliphatic rings. The van der Waals surface area contributed by atoms with E-state index in [-0.39, 0.29) is 0 Å². The van der Waals surface area contributed by atoms with Crippen LogP contribution in [0.25, 0.3) is 11.1 Å². The van der Waals surface area contributed by atoms with Gasteiger partial charge in [0.05, 0.1) is 5.56 Å². The average Bonchev–Trinajstić information content (AvgIpc) is 2.33.